The molecule has 0 aliphatic rings. The number of carbonyl (C=O) groups is 1. The van der Waals surface area contributed by atoms with E-state index in [-0.39, 0.29) is 23.9 Å². The summed E-state index contributed by atoms with van der Waals surface area (Å²) in [6.45, 7) is 15.9. The van der Waals surface area contributed by atoms with Gasteiger partial charge in [0.1, 0.15) is 0 Å². The molecular weight excluding hydrogens is 198 g/mol. The molecule has 0 aromatic carbocycles. The highest BCUT2D eigenvalue weighted by molar-refractivity contribution is 5.94. The first kappa shape index (κ1) is 14.9. The van der Waals surface area contributed by atoms with Crippen molar-refractivity contribution in [2.75, 3.05) is 0 Å². The van der Waals surface area contributed by atoms with Gasteiger partial charge in [-0.2, -0.15) is 0 Å². The molecule has 0 spiro atoms. The van der Waals surface area contributed by atoms with Crippen molar-refractivity contribution in [3.05, 3.63) is 24.3 Å². The van der Waals surface area contributed by atoms with E-state index in [1.165, 1.54) is 0 Å². The van der Waals surface area contributed by atoms with Crippen LogP contribution >= 0.6 is 0 Å². The van der Waals surface area contributed by atoms with E-state index < -0.39 is 0 Å². The molecule has 0 aliphatic heterocycles. The number of nitrogens with zero attached hydrogens (tertiary/aromatic N) is 1. The molecule has 2 nitrogen and oxygen atoms in total. The van der Waals surface area contributed by atoms with E-state index in [0.29, 0.717) is 0 Å². The van der Waals surface area contributed by atoms with Gasteiger partial charge in [0.15, 0.2) is 0 Å². The molecular formula is C14H25NO. The Morgan fingerprint density at radius 2 is 1.50 bits per heavy atom. The van der Waals surface area contributed by atoms with E-state index >= 15 is 0 Å². The second-order valence-electron chi connectivity index (χ2n) is 4.91. The van der Waals surface area contributed by atoms with Gasteiger partial charge < -0.3 is 4.90 Å². The first-order chi connectivity index (χ1) is 7.32. The summed E-state index contributed by atoms with van der Waals surface area (Å²) < 4.78 is 0. The Labute approximate surface area is 100 Å². The summed E-state index contributed by atoms with van der Waals surface area (Å²) in [5, 5.41) is 0. The zero-order chi connectivity index (χ0) is 12.9. The molecule has 0 aromatic heterocycles. The van der Waals surface area contributed by atoms with Crippen molar-refractivity contribution in [2.24, 2.45) is 5.92 Å². The fourth-order valence-corrected chi connectivity index (χ4v) is 1.85. The van der Waals surface area contributed by atoms with Gasteiger partial charge >= 0.3 is 0 Å². The van der Waals surface area contributed by atoms with E-state index in [1.807, 2.05) is 52.5 Å². The Bertz CT molecular complexity index is 266. The van der Waals surface area contributed by atoms with E-state index in [9.17, 15) is 4.79 Å². The minimum Gasteiger partial charge on any atom is -0.334 e. The van der Waals surface area contributed by atoms with Crippen molar-refractivity contribution in [1.29, 1.82) is 0 Å². The maximum Gasteiger partial charge on any atom is 0.250 e. The predicted octanol–water partition coefficient (Wildman–Crippen LogP) is 3.40. The summed E-state index contributed by atoms with van der Waals surface area (Å²) >= 11 is 0. The molecule has 0 saturated heterocycles. The van der Waals surface area contributed by atoms with Gasteiger partial charge in [0.2, 0.25) is 5.91 Å². The van der Waals surface area contributed by atoms with Crippen molar-refractivity contribution in [3.63, 3.8) is 0 Å². The monoisotopic (exact) mass is 223 g/mol. The summed E-state index contributed by atoms with van der Waals surface area (Å²) in [5.74, 6) is 0.352. The van der Waals surface area contributed by atoms with Crippen LogP contribution < -0.4 is 0 Å². The third kappa shape index (κ3) is 3.84. The first-order valence-electron chi connectivity index (χ1n) is 5.98. The van der Waals surface area contributed by atoms with Crippen LogP contribution in [0.1, 0.15) is 41.5 Å². The summed E-state index contributed by atoms with van der Waals surface area (Å²) in [6.07, 6.45) is 3.51. The molecule has 0 radical (unpaired) electrons. The van der Waals surface area contributed by atoms with Gasteiger partial charge in [0.05, 0.1) is 0 Å². The van der Waals surface area contributed by atoms with Gasteiger partial charge in [0.25, 0.3) is 0 Å². The van der Waals surface area contributed by atoms with Gasteiger partial charge in [-0.25, -0.2) is 0 Å². The Morgan fingerprint density at radius 1 is 1.06 bits per heavy atom. The van der Waals surface area contributed by atoms with Gasteiger partial charge in [-0.3, -0.25) is 4.79 Å². The predicted molar refractivity (Wildman–Crippen MR) is 70.2 cm³/mol. The lowest BCUT2D eigenvalue weighted by molar-refractivity contribution is -0.131. The molecule has 0 atom stereocenters. The Morgan fingerprint density at radius 3 is 1.75 bits per heavy atom. The SMILES string of the molecule is C=CC=C(C(=O)N(C(C)C)C(C)C)C(C)C. The topological polar surface area (TPSA) is 20.3 Å². The van der Waals surface area contributed by atoms with Gasteiger partial charge in [0, 0.05) is 17.7 Å². The Hall–Kier alpha value is -1.05. The zero-order valence-corrected chi connectivity index (χ0v) is 11.4. The summed E-state index contributed by atoms with van der Waals surface area (Å²) in [6, 6.07) is 0.443. The molecule has 2 heteroatoms. The lowest BCUT2D eigenvalue weighted by Gasteiger charge is -2.32. The number of hydrogen-bond acceptors (Lipinski definition) is 1. The molecule has 0 bridgehead atoms. The summed E-state index contributed by atoms with van der Waals surface area (Å²) in [5.41, 5.74) is 0.831. The van der Waals surface area contributed by atoms with Crippen molar-refractivity contribution in [1.82, 2.24) is 4.90 Å². The maximum absolute atomic E-state index is 12.4. The van der Waals surface area contributed by atoms with Crippen molar-refractivity contribution < 1.29 is 4.79 Å². The third-order valence-electron chi connectivity index (χ3n) is 2.51. The number of allylic oxidation sites excluding steroid dienone is 2. The summed E-state index contributed by atoms with van der Waals surface area (Å²) in [4.78, 5) is 14.3. The van der Waals surface area contributed by atoms with Crippen LogP contribution in [0.25, 0.3) is 0 Å². The smallest absolute Gasteiger partial charge is 0.250 e. The van der Waals surface area contributed by atoms with Crippen LogP contribution in [-0.2, 0) is 4.79 Å². The lowest BCUT2D eigenvalue weighted by atomic mass is 10.00. The van der Waals surface area contributed by atoms with Crippen LogP contribution in [-0.4, -0.2) is 22.9 Å². The van der Waals surface area contributed by atoms with Crippen LogP contribution in [0, 0.1) is 5.92 Å². The van der Waals surface area contributed by atoms with Crippen LogP contribution in [0.15, 0.2) is 24.3 Å². The minimum atomic E-state index is 0.125. The van der Waals surface area contributed by atoms with Crippen LogP contribution in [0.5, 0.6) is 0 Å². The second kappa shape index (κ2) is 6.51. The van der Waals surface area contributed by atoms with Crippen LogP contribution in [0.3, 0.4) is 0 Å². The second-order valence-corrected chi connectivity index (χ2v) is 4.91. The largest absolute Gasteiger partial charge is 0.334 e. The normalized spacial score (nSPS) is 12.4. The number of rotatable bonds is 5. The molecule has 0 aliphatic carbocycles. The standard InChI is InChI=1S/C14H25NO/c1-8-9-13(10(2)3)14(16)15(11(4)5)12(6)7/h8-12H,1H2,2-7H3. The lowest BCUT2D eigenvalue weighted by Crippen LogP contribution is -2.43. The van der Waals surface area contributed by atoms with Gasteiger partial charge in [-0.15, -0.1) is 0 Å². The third-order valence-corrected chi connectivity index (χ3v) is 2.51. The highest BCUT2D eigenvalue weighted by atomic mass is 16.2. The average Bonchev–Trinajstić information content (AvgIpc) is 2.11. The van der Waals surface area contributed by atoms with Crippen LogP contribution in [0.2, 0.25) is 0 Å². The Kier molecular flexibility index (Phi) is 6.09. The van der Waals surface area contributed by atoms with E-state index in [4.69, 9.17) is 0 Å². The molecule has 0 heterocycles. The van der Waals surface area contributed by atoms with E-state index in [2.05, 4.69) is 6.58 Å². The van der Waals surface area contributed by atoms with Crippen molar-refractivity contribution >= 4 is 5.91 Å². The molecule has 0 aromatic rings. The van der Waals surface area contributed by atoms with E-state index in [1.54, 1.807) is 6.08 Å². The van der Waals surface area contributed by atoms with Crippen molar-refractivity contribution in [2.45, 2.75) is 53.6 Å². The molecule has 0 N–H and O–H groups in total. The average molecular weight is 223 g/mol. The molecule has 0 rings (SSSR count). The van der Waals surface area contributed by atoms with Gasteiger partial charge in [-0.05, 0) is 33.6 Å². The van der Waals surface area contributed by atoms with Crippen molar-refractivity contribution in [3.8, 4) is 0 Å². The highest BCUT2D eigenvalue weighted by Gasteiger charge is 2.24. The first-order valence-corrected chi connectivity index (χ1v) is 5.98. The zero-order valence-electron chi connectivity index (χ0n) is 11.4. The molecule has 16 heavy (non-hydrogen) atoms. The molecule has 0 fully saturated rings. The minimum absolute atomic E-state index is 0.125. The summed E-state index contributed by atoms with van der Waals surface area (Å²) in [7, 11) is 0. The van der Waals surface area contributed by atoms with E-state index in [0.717, 1.165) is 5.57 Å². The molecule has 1 amide bonds. The number of hydrogen-bond donors (Lipinski definition) is 0. The van der Waals surface area contributed by atoms with Crippen LogP contribution in [0.4, 0.5) is 0 Å². The fraction of sp³-hybridized carbons (Fsp3) is 0.643. The number of carbonyl (C=O) groups excluding carboxylic acids is 1. The molecule has 0 saturated carbocycles. The maximum atomic E-state index is 12.4. The Balaban J connectivity index is 5.12. The molecule has 0 unspecified atom stereocenters. The molecule has 92 valence electrons. The fourth-order valence-electron chi connectivity index (χ4n) is 1.85. The number of amides is 1. The quantitative estimate of drug-likeness (QED) is 0.517. The highest BCUT2D eigenvalue weighted by Crippen LogP contribution is 2.17. The van der Waals surface area contributed by atoms with Gasteiger partial charge in [-0.1, -0.05) is 32.6 Å².